The third kappa shape index (κ3) is 2.31. The number of benzene rings is 1. The average Bonchev–Trinajstić information content (AvgIpc) is 2.93. The highest BCUT2D eigenvalue weighted by Gasteiger charge is 2.30. The molecule has 0 aromatic heterocycles. The van der Waals surface area contributed by atoms with Crippen LogP contribution < -0.4 is 11.1 Å². The van der Waals surface area contributed by atoms with Crippen LogP contribution in [0.15, 0.2) is 16.6 Å². The minimum Gasteiger partial charge on any atom is -0.397 e. The second kappa shape index (κ2) is 3.85. The van der Waals surface area contributed by atoms with Gasteiger partial charge in [0.2, 0.25) is 5.91 Å². The number of hydrogen-bond donors (Lipinski definition) is 2. The lowest BCUT2D eigenvalue weighted by Gasteiger charge is -2.11. The van der Waals surface area contributed by atoms with Crippen LogP contribution >= 0.6 is 15.9 Å². The van der Waals surface area contributed by atoms with Gasteiger partial charge in [0.15, 0.2) is 0 Å². The molecule has 0 saturated heterocycles. The lowest BCUT2D eigenvalue weighted by Crippen LogP contribution is -2.15. The second-order valence-corrected chi connectivity index (χ2v) is 4.87. The fraction of sp³-hybridized carbons (Fsp3) is 0.364. The van der Waals surface area contributed by atoms with Crippen LogP contribution in [0.1, 0.15) is 18.4 Å². The second-order valence-electron chi connectivity index (χ2n) is 3.95. The van der Waals surface area contributed by atoms with E-state index in [1.165, 1.54) is 0 Å². The number of nitrogens with one attached hydrogen (secondary N) is 1. The lowest BCUT2D eigenvalue weighted by molar-refractivity contribution is -0.117. The van der Waals surface area contributed by atoms with E-state index in [4.69, 9.17) is 5.73 Å². The van der Waals surface area contributed by atoms with Crippen molar-refractivity contribution >= 4 is 33.2 Å². The average molecular weight is 269 g/mol. The number of halogens is 1. The Kier molecular flexibility index (Phi) is 2.69. The van der Waals surface area contributed by atoms with E-state index in [0.29, 0.717) is 5.69 Å². The lowest BCUT2D eigenvalue weighted by atomic mass is 10.1. The zero-order valence-electron chi connectivity index (χ0n) is 8.51. The molecule has 0 heterocycles. The molecular weight excluding hydrogens is 256 g/mol. The number of anilines is 2. The van der Waals surface area contributed by atoms with E-state index < -0.39 is 0 Å². The largest absolute Gasteiger partial charge is 0.397 e. The van der Waals surface area contributed by atoms with Crippen LogP contribution in [0.3, 0.4) is 0 Å². The van der Waals surface area contributed by atoms with Gasteiger partial charge >= 0.3 is 0 Å². The highest BCUT2D eigenvalue weighted by Crippen LogP contribution is 2.33. The van der Waals surface area contributed by atoms with Crippen molar-refractivity contribution in [2.24, 2.45) is 5.92 Å². The van der Waals surface area contributed by atoms with Crippen LogP contribution in [-0.2, 0) is 4.79 Å². The molecule has 4 heteroatoms. The van der Waals surface area contributed by atoms with Crippen molar-refractivity contribution in [3.8, 4) is 0 Å². The third-order valence-electron chi connectivity index (χ3n) is 2.53. The first kappa shape index (κ1) is 10.5. The topological polar surface area (TPSA) is 55.1 Å². The van der Waals surface area contributed by atoms with Gasteiger partial charge in [-0.2, -0.15) is 0 Å². The summed E-state index contributed by atoms with van der Waals surface area (Å²) in [5.74, 6) is 0.291. The molecule has 1 aromatic rings. The fourth-order valence-corrected chi connectivity index (χ4v) is 2.10. The van der Waals surface area contributed by atoms with Gasteiger partial charge in [0.25, 0.3) is 0 Å². The summed E-state index contributed by atoms with van der Waals surface area (Å²) in [4.78, 5) is 11.6. The highest BCUT2D eigenvalue weighted by atomic mass is 79.9. The molecule has 0 radical (unpaired) electrons. The molecule has 0 unspecified atom stereocenters. The van der Waals surface area contributed by atoms with Gasteiger partial charge in [0, 0.05) is 10.4 Å². The Bertz CT molecular complexity index is 390. The standard InChI is InChI=1S/C11H13BrN2O/c1-6-4-8(12)5-9(13)10(6)14-11(15)7-2-3-7/h4-5,7H,2-3,13H2,1H3,(H,14,15). The molecule has 0 aliphatic heterocycles. The minimum atomic E-state index is 0.0899. The maximum atomic E-state index is 11.6. The fourth-order valence-electron chi connectivity index (χ4n) is 1.51. The van der Waals surface area contributed by atoms with Gasteiger partial charge in [-0.25, -0.2) is 0 Å². The Hall–Kier alpha value is -1.03. The molecule has 2 rings (SSSR count). The Balaban J connectivity index is 2.23. The van der Waals surface area contributed by atoms with Crippen molar-refractivity contribution in [1.29, 1.82) is 0 Å². The molecule has 1 aliphatic carbocycles. The molecule has 3 nitrogen and oxygen atoms in total. The van der Waals surface area contributed by atoms with Crippen LogP contribution in [0.2, 0.25) is 0 Å². The number of carbonyl (C=O) groups is 1. The number of amides is 1. The van der Waals surface area contributed by atoms with Gasteiger partial charge in [-0.05, 0) is 37.5 Å². The summed E-state index contributed by atoms with van der Waals surface area (Å²) in [6.07, 6.45) is 2.00. The maximum Gasteiger partial charge on any atom is 0.227 e. The van der Waals surface area contributed by atoms with E-state index in [9.17, 15) is 4.79 Å². The van der Waals surface area contributed by atoms with E-state index in [-0.39, 0.29) is 11.8 Å². The number of aryl methyl sites for hydroxylation is 1. The predicted molar refractivity (Wildman–Crippen MR) is 64.6 cm³/mol. The van der Waals surface area contributed by atoms with Crippen molar-refractivity contribution in [2.75, 3.05) is 11.1 Å². The van der Waals surface area contributed by atoms with E-state index in [0.717, 1.165) is 28.6 Å². The first-order valence-electron chi connectivity index (χ1n) is 4.94. The summed E-state index contributed by atoms with van der Waals surface area (Å²) in [5.41, 5.74) is 8.18. The molecule has 1 fully saturated rings. The Labute approximate surface area is 97.2 Å². The number of carbonyl (C=O) groups excluding carboxylic acids is 1. The van der Waals surface area contributed by atoms with Gasteiger partial charge in [-0.15, -0.1) is 0 Å². The van der Waals surface area contributed by atoms with E-state index >= 15 is 0 Å². The number of nitrogen functional groups attached to an aromatic ring is 1. The van der Waals surface area contributed by atoms with Crippen molar-refractivity contribution in [3.05, 3.63) is 22.2 Å². The smallest absolute Gasteiger partial charge is 0.227 e. The summed E-state index contributed by atoms with van der Waals surface area (Å²) < 4.78 is 0.932. The molecule has 3 N–H and O–H groups in total. The van der Waals surface area contributed by atoms with Gasteiger partial charge in [0.05, 0.1) is 11.4 Å². The van der Waals surface area contributed by atoms with Crippen LogP contribution in [0, 0.1) is 12.8 Å². The van der Waals surface area contributed by atoms with Crippen LogP contribution in [0.4, 0.5) is 11.4 Å². The first-order valence-corrected chi connectivity index (χ1v) is 5.73. The third-order valence-corrected chi connectivity index (χ3v) is 2.98. The molecular formula is C11H13BrN2O. The maximum absolute atomic E-state index is 11.6. The summed E-state index contributed by atoms with van der Waals surface area (Å²) >= 11 is 3.36. The molecule has 15 heavy (non-hydrogen) atoms. The molecule has 1 amide bonds. The van der Waals surface area contributed by atoms with Crippen LogP contribution in [0.5, 0.6) is 0 Å². The Morgan fingerprint density at radius 1 is 1.53 bits per heavy atom. The quantitative estimate of drug-likeness (QED) is 0.811. The number of nitrogens with two attached hydrogens (primary N) is 1. The summed E-state index contributed by atoms with van der Waals surface area (Å²) in [5, 5.41) is 2.88. The van der Waals surface area contributed by atoms with E-state index in [1.807, 2.05) is 13.0 Å². The van der Waals surface area contributed by atoms with Crippen molar-refractivity contribution in [2.45, 2.75) is 19.8 Å². The Morgan fingerprint density at radius 3 is 2.73 bits per heavy atom. The molecule has 0 spiro atoms. The van der Waals surface area contributed by atoms with Crippen LogP contribution in [-0.4, -0.2) is 5.91 Å². The van der Waals surface area contributed by atoms with Crippen molar-refractivity contribution < 1.29 is 4.79 Å². The number of rotatable bonds is 2. The van der Waals surface area contributed by atoms with Crippen molar-refractivity contribution in [1.82, 2.24) is 0 Å². The molecule has 0 atom stereocenters. The normalized spacial score (nSPS) is 15.1. The Morgan fingerprint density at radius 2 is 2.20 bits per heavy atom. The van der Waals surface area contributed by atoms with Gasteiger partial charge < -0.3 is 11.1 Å². The molecule has 1 aliphatic rings. The monoisotopic (exact) mass is 268 g/mol. The zero-order valence-corrected chi connectivity index (χ0v) is 10.1. The van der Waals surface area contributed by atoms with Gasteiger partial charge in [-0.3, -0.25) is 4.79 Å². The van der Waals surface area contributed by atoms with Crippen LogP contribution in [0.25, 0.3) is 0 Å². The summed E-state index contributed by atoms with van der Waals surface area (Å²) in [6.45, 7) is 1.93. The van der Waals surface area contributed by atoms with E-state index in [1.54, 1.807) is 6.07 Å². The van der Waals surface area contributed by atoms with Crippen molar-refractivity contribution in [3.63, 3.8) is 0 Å². The highest BCUT2D eigenvalue weighted by molar-refractivity contribution is 9.10. The minimum absolute atomic E-state index is 0.0899. The molecule has 80 valence electrons. The van der Waals surface area contributed by atoms with E-state index in [2.05, 4.69) is 21.2 Å². The zero-order chi connectivity index (χ0) is 11.0. The first-order chi connectivity index (χ1) is 7.08. The molecule has 0 bridgehead atoms. The predicted octanol–water partition coefficient (Wildman–Crippen LogP) is 2.69. The molecule has 1 saturated carbocycles. The SMILES string of the molecule is Cc1cc(Br)cc(N)c1NC(=O)C1CC1. The van der Waals surface area contributed by atoms with Gasteiger partial charge in [-0.1, -0.05) is 15.9 Å². The summed E-state index contributed by atoms with van der Waals surface area (Å²) in [6, 6.07) is 3.74. The number of hydrogen-bond acceptors (Lipinski definition) is 2. The molecule has 1 aromatic carbocycles. The van der Waals surface area contributed by atoms with Gasteiger partial charge in [0.1, 0.15) is 0 Å². The summed E-state index contributed by atoms with van der Waals surface area (Å²) in [7, 11) is 0.